The van der Waals surface area contributed by atoms with Crippen LogP contribution in [-0.2, 0) is 27.4 Å². The molecule has 7 nitrogen and oxygen atoms in total. The van der Waals surface area contributed by atoms with Crippen molar-refractivity contribution in [2.75, 3.05) is 11.6 Å². The zero-order valence-electron chi connectivity index (χ0n) is 15.6. The lowest BCUT2D eigenvalue weighted by Crippen LogP contribution is -2.08. The Hall–Kier alpha value is -3.26. The monoisotopic (exact) mass is 396 g/mol. The van der Waals surface area contributed by atoms with Crippen LogP contribution in [0.25, 0.3) is 22.3 Å². The lowest BCUT2D eigenvalue weighted by atomic mass is 9.94. The standard InChI is InChI=1S/C20H20N4O3S/c1-4-20(25)23-16-6-5-14(13-28(3,26)27)18(9-16)19-11-21-8-7-17(19)15-10-22-24(2)12-15/h4-12H,1,13H2,2-3H3,(H,23,25). The molecule has 0 atom stereocenters. The number of amides is 1. The molecule has 144 valence electrons. The first-order valence-corrected chi connectivity index (χ1v) is 10.5. The van der Waals surface area contributed by atoms with Crippen molar-refractivity contribution in [3.63, 3.8) is 0 Å². The molecule has 0 aliphatic heterocycles. The van der Waals surface area contributed by atoms with Gasteiger partial charge in [-0.2, -0.15) is 5.10 Å². The summed E-state index contributed by atoms with van der Waals surface area (Å²) in [5, 5.41) is 6.92. The average molecular weight is 396 g/mol. The van der Waals surface area contributed by atoms with Crippen LogP contribution in [0.5, 0.6) is 0 Å². The van der Waals surface area contributed by atoms with Crippen LogP contribution < -0.4 is 5.32 Å². The third kappa shape index (κ3) is 4.52. The summed E-state index contributed by atoms with van der Waals surface area (Å²) in [7, 11) is -1.44. The van der Waals surface area contributed by atoms with E-state index < -0.39 is 9.84 Å². The number of hydrogen-bond donors (Lipinski definition) is 1. The molecule has 0 saturated heterocycles. The van der Waals surface area contributed by atoms with E-state index in [1.165, 1.54) is 12.3 Å². The van der Waals surface area contributed by atoms with Gasteiger partial charge >= 0.3 is 0 Å². The molecule has 0 spiro atoms. The van der Waals surface area contributed by atoms with Crippen LogP contribution in [-0.4, -0.2) is 35.3 Å². The van der Waals surface area contributed by atoms with Gasteiger partial charge < -0.3 is 5.32 Å². The van der Waals surface area contributed by atoms with E-state index in [0.29, 0.717) is 16.8 Å². The lowest BCUT2D eigenvalue weighted by Gasteiger charge is -2.14. The normalized spacial score (nSPS) is 11.2. The fourth-order valence-corrected chi connectivity index (χ4v) is 3.74. The molecular formula is C20H20N4O3S. The minimum atomic E-state index is -3.26. The zero-order valence-corrected chi connectivity index (χ0v) is 16.4. The van der Waals surface area contributed by atoms with E-state index in [1.807, 2.05) is 19.3 Å². The molecule has 0 saturated carbocycles. The van der Waals surface area contributed by atoms with Crippen LogP contribution in [0.15, 0.2) is 61.7 Å². The first-order valence-electron chi connectivity index (χ1n) is 8.44. The zero-order chi connectivity index (χ0) is 20.3. The lowest BCUT2D eigenvalue weighted by molar-refractivity contribution is -0.111. The van der Waals surface area contributed by atoms with E-state index in [0.717, 1.165) is 16.7 Å². The topological polar surface area (TPSA) is 93.9 Å². The third-order valence-corrected chi connectivity index (χ3v) is 4.94. The Morgan fingerprint density at radius 1 is 1.21 bits per heavy atom. The third-order valence-electron chi connectivity index (χ3n) is 4.11. The summed E-state index contributed by atoms with van der Waals surface area (Å²) in [5.74, 6) is -0.472. The van der Waals surface area contributed by atoms with Crippen LogP contribution in [0.4, 0.5) is 5.69 Å². The highest BCUT2D eigenvalue weighted by Crippen LogP contribution is 2.35. The molecule has 0 radical (unpaired) electrons. The molecule has 2 heterocycles. The van der Waals surface area contributed by atoms with E-state index in [4.69, 9.17) is 0 Å². The predicted octanol–water partition coefficient (Wildman–Crippen LogP) is 2.82. The minimum absolute atomic E-state index is 0.126. The van der Waals surface area contributed by atoms with Crippen molar-refractivity contribution in [1.29, 1.82) is 0 Å². The number of anilines is 1. The molecule has 0 fully saturated rings. The number of aromatic nitrogens is 3. The quantitative estimate of drug-likeness (QED) is 0.647. The number of sulfone groups is 1. The van der Waals surface area contributed by atoms with E-state index in [-0.39, 0.29) is 11.7 Å². The van der Waals surface area contributed by atoms with Crippen LogP contribution in [0.1, 0.15) is 5.56 Å². The van der Waals surface area contributed by atoms with Crippen molar-refractivity contribution < 1.29 is 13.2 Å². The maximum absolute atomic E-state index is 11.9. The van der Waals surface area contributed by atoms with E-state index >= 15 is 0 Å². The highest BCUT2D eigenvalue weighted by atomic mass is 32.2. The number of pyridine rings is 1. The van der Waals surface area contributed by atoms with Crippen molar-refractivity contribution in [2.45, 2.75) is 5.75 Å². The summed E-state index contributed by atoms with van der Waals surface area (Å²) in [6, 6.07) is 6.98. The number of benzene rings is 1. The molecule has 3 aromatic rings. The Labute approximate surface area is 163 Å². The number of hydrogen-bond acceptors (Lipinski definition) is 5. The molecule has 0 aliphatic carbocycles. The summed E-state index contributed by atoms with van der Waals surface area (Å²) >= 11 is 0. The molecule has 8 heteroatoms. The number of rotatable bonds is 6. The summed E-state index contributed by atoms with van der Waals surface area (Å²) in [6.45, 7) is 3.45. The van der Waals surface area contributed by atoms with Crippen molar-refractivity contribution in [3.8, 4) is 22.3 Å². The van der Waals surface area contributed by atoms with Gasteiger partial charge in [0.1, 0.15) is 0 Å². The van der Waals surface area contributed by atoms with Gasteiger partial charge in [-0.1, -0.05) is 12.6 Å². The molecule has 2 aromatic heterocycles. The van der Waals surface area contributed by atoms with Crippen LogP contribution >= 0.6 is 0 Å². The van der Waals surface area contributed by atoms with E-state index in [2.05, 4.69) is 22.0 Å². The van der Waals surface area contributed by atoms with E-state index in [1.54, 1.807) is 41.5 Å². The van der Waals surface area contributed by atoms with Gasteiger partial charge in [-0.25, -0.2) is 8.42 Å². The minimum Gasteiger partial charge on any atom is -0.323 e. The summed E-state index contributed by atoms with van der Waals surface area (Å²) in [5.41, 5.74) is 4.34. The largest absolute Gasteiger partial charge is 0.323 e. The first-order chi connectivity index (χ1) is 13.3. The maximum atomic E-state index is 11.9. The number of aryl methyl sites for hydroxylation is 1. The van der Waals surface area contributed by atoms with Crippen LogP contribution in [0.2, 0.25) is 0 Å². The average Bonchev–Trinajstić information content (AvgIpc) is 3.08. The van der Waals surface area contributed by atoms with Gasteiger partial charge in [0.15, 0.2) is 9.84 Å². The number of nitrogens with one attached hydrogen (secondary N) is 1. The Bertz CT molecular complexity index is 1150. The Morgan fingerprint density at radius 2 is 2.00 bits per heavy atom. The molecule has 1 N–H and O–H groups in total. The van der Waals surface area contributed by atoms with Crippen LogP contribution in [0, 0.1) is 0 Å². The number of carbonyl (C=O) groups is 1. The van der Waals surface area contributed by atoms with Crippen LogP contribution in [0.3, 0.4) is 0 Å². The molecular weight excluding hydrogens is 376 g/mol. The molecule has 3 rings (SSSR count). The number of nitrogens with zero attached hydrogens (tertiary/aromatic N) is 3. The number of carbonyl (C=O) groups excluding carboxylic acids is 1. The molecule has 1 amide bonds. The molecule has 1 aromatic carbocycles. The highest BCUT2D eigenvalue weighted by molar-refractivity contribution is 7.89. The fourth-order valence-electron chi connectivity index (χ4n) is 2.93. The Balaban J connectivity index is 2.19. The molecule has 0 aliphatic rings. The summed E-state index contributed by atoms with van der Waals surface area (Å²) in [4.78, 5) is 15.9. The van der Waals surface area contributed by atoms with E-state index in [9.17, 15) is 13.2 Å². The Kier molecular flexibility index (Phi) is 5.41. The van der Waals surface area contributed by atoms with Crippen molar-refractivity contribution >= 4 is 21.4 Å². The second-order valence-electron chi connectivity index (χ2n) is 6.46. The van der Waals surface area contributed by atoms with Gasteiger partial charge in [-0.3, -0.25) is 14.5 Å². The van der Waals surface area contributed by atoms with Gasteiger partial charge in [0.25, 0.3) is 0 Å². The van der Waals surface area contributed by atoms with Gasteiger partial charge in [-0.15, -0.1) is 0 Å². The second-order valence-corrected chi connectivity index (χ2v) is 8.60. The van der Waals surface area contributed by atoms with Gasteiger partial charge in [0.05, 0.1) is 11.9 Å². The smallest absolute Gasteiger partial charge is 0.247 e. The fraction of sp³-hybridized carbons (Fsp3) is 0.150. The molecule has 0 unspecified atom stereocenters. The van der Waals surface area contributed by atoms with Gasteiger partial charge in [0, 0.05) is 48.7 Å². The second kappa shape index (κ2) is 7.77. The van der Waals surface area contributed by atoms with Gasteiger partial charge in [-0.05, 0) is 41.0 Å². The van der Waals surface area contributed by atoms with Gasteiger partial charge in [0.2, 0.25) is 5.91 Å². The maximum Gasteiger partial charge on any atom is 0.247 e. The summed E-state index contributed by atoms with van der Waals surface area (Å²) < 4.78 is 25.6. The summed E-state index contributed by atoms with van der Waals surface area (Å²) in [6.07, 6.45) is 9.33. The molecule has 28 heavy (non-hydrogen) atoms. The predicted molar refractivity (Wildman–Crippen MR) is 109 cm³/mol. The first kappa shape index (κ1) is 19.5. The Morgan fingerprint density at radius 3 is 2.64 bits per heavy atom. The van der Waals surface area contributed by atoms with Crippen molar-refractivity contribution in [2.24, 2.45) is 7.05 Å². The highest BCUT2D eigenvalue weighted by Gasteiger charge is 2.16. The molecule has 0 bridgehead atoms. The van der Waals surface area contributed by atoms with Crippen molar-refractivity contribution in [3.05, 3.63) is 67.3 Å². The van der Waals surface area contributed by atoms with Crippen molar-refractivity contribution in [1.82, 2.24) is 14.8 Å². The SMILES string of the molecule is C=CC(=O)Nc1ccc(CS(C)(=O)=O)c(-c2cnccc2-c2cnn(C)c2)c1.